The molecule has 0 radical (unpaired) electrons. The molecule has 0 aliphatic carbocycles. The van der Waals surface area contributed by atoms with Gasteiger partial charge in [-0.3, -0.25) is 4.79 Å². The van der Waals surface area contributed by atoms with Gasteiger partial charge in [-0.05, 0) is 40.0 Å². The van der Waals surface area contributed by atoms with E-state index in [1.54, 1.807) is 0 Å². The van der Waals surface area contributed by atoms with Gasteiger partial charge in [-0.1, -0.05) is 13.8 Å². The zero-order valence-corrected chi connectivity index (χ0v) is 12.8. The average Bonchev–Trinajstić information content (AvgIpc) is 2.20. The van der Waals surface area contributed by atoms with E-state index in [-0.39, 0.29) is 5.91 Å². The van der Waals surface area contributed by atoms with Crippen LogP contribution < -0.4 is 11.1 Å². The van der Waals surface area contributed by atoms with Crippen molar-refractivity contribution in [1.29, 1.82) is 0 Å². The predicted octanol–water partition coefficient (Wildman–Crippen LogP) is 1.93. The lowest BCUT2D eigenvalue weighted by molar-refractivity contribution is -0.132. The first-order valence-corrected chi connectivity index (χ1v) is 6.74. The fraction of sp³-hybridized carbons (Fsp3) is 0.929. The quantitative estimate of drug-likeness (QED) is 0.654. The van der Waals surface area contributed by atoms with Gasteiger partial charge >= 0.3 is 0 Å². The van der Waals surface area contributed by atoms with Crippen molar-refractivity contribution in [2.24, 2.45) is 17.1 Å². The lowest BCUT2D eigenvalue weighted by atomic mass is 9.74. The maximum Gasteiger partial charge on any atom is 0.227 e. The summed E-state index contributed by atoms with van der Waals surface area (Å²) in [5.41, 5.74) is 4.87. The summed E-state index contributed by atoms with van der Waals surface area (Å²) < 4.78 is 5.45. The molecule has 0 saturated carbocycles. The third-order valence-corrected chi connectivity index (χ3v) is 3.55. The summed E-state index contributed by atoms with van der Waals surface area (Å²) in [5.74, 6) is 0.624. The Labute approximate surface area is 112 Å². The second-order valence-corrected chi connectivity index (χ2v) is 6.40. The van der Waals surface area contributed by atoms with Gasteiger partial charge in [-0.25, -0.2) is 0 Å². The van der Waals surface area contributed by atoms with E-state index < -0.39 is 11.0 Å². The Balaban J connectivity index is 3.85. The average molecular weight is 258 g/mol. The van der Waals surface area contributed by atoms with E-state index in [2.05, 4.69) is 19.2 Å². The van der Waals surface area contributed by atoms with E-state index in [9.17, 15) is 4.79 Å². The minimum Gasteiger partial charge on any atom is -0.380 e. The molecule has 0 aromatic carbocycles. The molecule has 0 saturated heterocycles. The van der Waals surface area contributed by atoms with Crippen molar-refractivity contribution in [2.45, 2.75) is 53.5 Å². The molecule has 0 aliphatic heterocycles. The van der Waals surface area contributed by atoms with Gasteiger partial charge in [0, 0.05) is 18.7 Å². The summed E-state index contributed by atoms with van der Waals surface area (Å²) in [6, 6.07) is 0. The topological polar surface area (TPSA) is 64.3 Å². The van der Waals surface area contributed by atoms with E-state index in [0.717, 1.165) is 13.0 Å². The molecule has 1 amide bonds. The van der Waals surface area contributed by atoms with Crippen molar-refractivity contribution in [3.05, 3.63) is 0 Å². The summed E-state index contributed by atoms with van der Waals surface area (Å²) in [7, 11) is 0. The van der Waals surface area contributed by atoms with Crippen LogP contribution in [0, 0.1) is 11.3 Å². The first-order chi connectivity index (χ1) is 8.09. The van der Waals surface area contributed by atoms with E-state index in [4.69, 9.17) is 10.5 Å². The second-order valence-electron chi connectivity index (χ2n) is 6.40. The highest BCUT2D eigenvalue weighted by atomic mass is 16.5. The molecule has 0 fully saturated rings. The number of amides is 1. The molecule has 0 atom stereocenters. The molecule has 0 aliphatic rings. The smallest absolute Gasteiger partial charge is 0.227 e. The first-order valence-electron chi connectivity index (χ1n) is 6.74. The Morgan fingerprint density at radius 2 is 1.78 bits per heavy atom. The van der Waals surface area contributed by atoms with Gasteiger partial charge in [0.05, 0.1) is 12.0 Å². The van der Waals surface area contributed by atoms with Crippen molar-refractivity contribution in [2.75, 3.05) is 19.8 Å². The van der Waals surface area contributed by atoms with Crippen LogP contribution in [0.25, 0.3) is 0 Å². The lowest BCUT2D eigenvalue weighted by Gasteiger charge is -2.36. The molecule has 3 N–H and O–H groups in total. The van der Waals surface area contributed by atoms with E-state index in [1.165, 1.54) is 0 Å². The molecule has 0 aromatic heterocycles. The fourth-order valence-corrected chi connectivity index (χ4v) is 1.17. The maximum atomic E-state index is 12.0. The fourth-order valence-electron chi connectivity index (χ4n) is 1.17. The SMILES string of the molecule is CC(C)CCOCCNC(=O)C(C)(C)C(C)(C)N. The molecular formula is C14H30N2O2. The van der Waals surface area contributed by atoms with Gasteiger partial charge in [0.25, 0.3) is 0 Å². The normalized spacial score (nSPS) is 12.9. The molecule has 18 heavy (non-hydrogen) atoms. The summed E-state index contributed by atoms with van der Waals surface area (Å²) in [6.45, 7) is 13.6. The van der Waals surface area contributed by atoms with Crippen LogP contribution in [0.15, 0.2) is 0 Å². The lowest BCUT2D eigenvalue weighted by Crippen LogP contribution is -2.55. The number of ether oxygens (including phenoxy) is 1. The maximum absolute atomic E-state index is 12.0. The highest BCUT2D eigenvalue weighted by Gasteiger charge is 2.40. The molecule has 0 unspecified atom stereocenters. The number of carbonyl (C=O) groups excluding carboxylic acids is 1. The summed E-state index contributed by atoms with van der Waals surface area (Å²) in [5, 5.41) is 2.87. The summed E-state index contributed by atoms with van der Waals surface area (Å²) in [6.07, 6.45) is 1.05. The van der Waals surface area contributed by atoms with Crippen LogP contribution in [0.1, 0.15) is 48.0 Å². The van der Waals surface area contributed by atoms with Crippen LogP contribution in [0.2, 0.25) is 0 Å². The molecule has 0 heterocycles. The number of nitrogens with one attached hydrogen (secondary N) is 1. The van der Waals surface area contributed by atoms with Crippen LogP contribution >= 0.6 is 0 Å². The Morgan fingerprint density at radius 1 is 1.22 bits per heavy atom. The molecule has 0 spiro atoms. The van der Waals surface area contributed by atoms with Gasteiger partial charge < -0.3 is 15.8 Å². The van der Waals surface area contributed by atoms with Crippen LogP contribution in [-0.2, 0) is 9.53 Å². The highest BCUT2D eigenvalue weighted by Crippen LogP contribution is 2.28. The molecule has 0 bridgehead atoms. The first kappa shape index (κ1) is 17.4. The van der Waals surface area contributed by atoms with E-state index in [1.807, 2.05) is 27.7 Å². The zero-order valence-electron chi connectivity index (χ0n) is 12.8. The summed E-state index contributed by atoms with van der Waals surface area (Å²) in [4.78, 5) is 12.0. The van der Waals surface area contributed by atoms with Crippen molar-refractivity contribution in [1.82, 2.24) is 5.32 Å². The number of nitrogens with two attached hydrogens (primary N) is 1. The number of hydrogen-bond donors (Lipinski definition) is 2. The highest BCUT2D eigenvalue weighted by molar-refractivity contribution is 5.83. The van der Waals surface area contributed by atoms with Crippen molar-refractivity contribution in [3.8, 4) is 0 Å². The Kier molecular flexibility index (Phi) is 6.86. The Morgan fingerprint density at radius 3 is 2.22 bits per heavy atom. The van der Waals surface area contributed by atoms with E-state index in [0.29, 0.717) is 19.1 Å². The van der Waals surface area contributed by atoms with Crippen molar-refractivity contribution in [3.63, 3.8) is 0 Å². The van der Waals surface area contributed by atoms with E-state index >= 15 is 0 Å². The monoisotopic (exact) mass is 258 g/mol. The zero-order chi connectivity index (χ0) is 14.4. The van der Waals surface area contributed by atoms with Crippen LogP contribution in [0.3, 0.4) is 0 Å². The van der Waals surface area contributed by atoms with Crippen LogP contribution in [0.4, 0.5) is 0 Å². The molecule has 108 valence electrons. The number of carbonyl (C=O) groups is 1. The van der Waals surface area contributed by atoms with Gasteiger partial charge in [0.2, 0.25) is 5.91 Å². The molecule has 0 aromatic rings. The number of rotatable bonds is 8. The van der Waals surface area contributed by atoms with Gasteiger partial charge in [-0.15, -0.1) is 0 Å². The Bertz CT molecular complexity index is 255. The molecule has 0 rings (SSSR count). The van der Waals surface area contributed by atoms with Gasteiger partial charge in [0.1, 0.15) is 0 Å². The molecule has 4 nitrogen and oxygen atoms in total. The number of hydrogen-bond acceptors (Lipinski definition) is 3. The summed E-state index contributed by atoms with van der Waals surface area (Å²) >= 11 is 0. The minimum absolute atomic E-state index is 0.0255. The Hall–Kier alpha value is -0.610. The third kappa shape index (κ3) is 5.83. The van der Waals surface area contributed by atoms with Gasteiger partial charge in [0.15, 0.2) is 0 Å². The standard InChI is InChI=1S/C14H30N2O2/c1-11(2)7-9-18-10-8-16-12(17)13(3,4)14(5,6)15/h11H,7-10,15H2,1-6H3,(H,16,17). The molecular weight excluding hydrogens is 228 g/mol. The predicted molar refractivity (Wildman–Crippen MR) is 75.3 cm³/mol. The molecule has 4 heteroatoms. The van der Waals surface area contributed by atoms with Crippen molar-refractivity contribution < 1.29 is 9.53 Å². The minimum atomic E-state index is -0.592. The van der Waals surface area contributed by atoms with Gasteiger partial charge in [-0.2, -0.15) is 0 Å². The third-order valence-electron chi connectivity index (χ3n) is 3.55. The van der Waals surface area contributed by atoms with Crippen LogP contribution in [0.5, 0.6) is 0 Å². The second kappa shape index (κ2) is 7.10. The largest absolute Gasteiger partial charge is 0.380 e. The van der Waals surface area contributed by atoms with Crippen molar-refractivity contribution >= 4 is 5.91 Å². The van der Waals surface area contributed by atoms with Crippen LogP contribution in [-0.4, -0.2) is 31.2 Å².